The highest BCUT2D eigenvalue weighted by atomic mass is 32.2. The predicted octanol–water partition coefficient (Wildman–Crippen LogP) is 2.39. The van der Waals surface area contributed by atoms with Gasteiger partial charge in [-0.2, -0.15) is 0 Å². The van der Waals surface area contributed by atoms with Crippen LogP contribution in [-0.2, 0) is 19.1 Å². The maximum Gasteiger partial charge on any atom is 0.311 e. The standard InChI is InChI=1S/C24H36N2O5S/c1-8-12-25(22(4,5)6)20(29)18-24-11-10-23(7,32-24)17(21(30)31-13-9-2)16(24)19(28)26(18)15(3)14-27/h8-9,15-18,27H,1-2,10-14H2,3-7H3/t15-,16+,17-,18?,23+,24?/m1/s1. The Morgan fingerprint density at radius 2 is 2.00 bits per heavy atom. The van der Waals surface area contributed by atoms with Crippen molar-refractivity contribution in [3.63, 3.8) is 0 Å². The highest BCUT2D eigenvalue weighted by Gasteiger charge is 2.78. The summed E-state index contributed by atoms with van der Waals surface area (Å²) in [6.45, 7) is 17.2. The van der Waals surface area contributed by atoms with Gasteiger partial charge in [-0.1, -0.05) is 18.7 Å². The van der Waals surface area contributed by atoms with Crippen LogP contribution in [0.15, 0.2) is 25.3 Å². The van der Waals surface area contributed by atoms with Gasteiger partial charge in [-0.05, 0) is 47.5 Å². The highest BCUT2D eigenvalue weighted by Crippen LogP contribution is 2.71. The lowest BCUT2D eigenvalue weighted by Gasteiger charge is -2.43. The number of nitrogens with zero attached hydrogens (tertiary/aromatic N) is 2. The Bertz CT molecular complexity index is 824. The summed E-state index contributed by atoms with van der Waals surface area (Å²) in [5.74, 6) is -2.11. The smallest absolute Gasteiger partial charge is 0.311 e. The highest BCUT2D eigenvalue weighted by molar-refractivity contribution is 8.02. The number of hydrogen-bond donors (Lipinski definition) is 1. The number of likely N-dealkylation sites (tertiary alicyclic amines) is 1. The van der Waals surface area contributed by atoms with E-state index < -0.39 is 44.9 Å². The molecule has 3 rings (SSSR count). The fourth-order valence-electron chi connectivity index (χ4n) is 5.76. The van der Waals surface area contributed by atoms with E-state index in [1.807, 2.05) is 27.7 Å². The van der Waals surface area contributed by atoms with Crippen LogP contribution in [0, 0.1) is 11.8 Å². The van der Waals surface area contributed by atoms with Gasteiger partial charge in [-0.3, -0.25) is 14.4 Å². The van der Waals surface area contributed by atoms with E-state index in [9.17, 15) is 19.5 Å². The Morgan fingerprint density at radius 3 is 2.53 bits per heavy atom. The third-order valence-electron chi connectivity index (χ3n) is 7.17. The first-order valence-corrected chi connectivity index (χ1v) is 12.0. The summed E-state index contributed by atoms with van der Waals surface area (Å²) in [6, 6.07) is -1.30. The van der Waals surface area contributed by atoms with Gasteiger partial charge in [0.1, 0.15) is 12.6 Å². The molecule has 0 saturated carbocycles. The van der Waals surface area contributed by atoms with Crippen molar-refractivity contribution < 1.29 is 24.2 Å². The number of fused-ring (bicyclic) bond motifs is 1. The number of thioether (sulfide) groups is 1. The molecular weight excluding hydrogens is 428 g/mol. The minimum Gasteiger partial charge on any atom is -0.461 e. The zero-order chi connectivity index (χ0) is 24.1. The van der Waals surface area contributed by atoms with Crippen LogP contribution < -0.4 is 0 Å². The topological polar surface area (TPSA) is 87.1 Å². The summed E-state index contributed by atoms with van der Waals surface area (Å²) < 4.78 is 4.20. The molecule has 178 valence electrons. The van der Waals surface area contributed by atoms with E-state index >= 15 is 0 Å². The molecule has 2 unspecified atom stereocenters. The first-order valence-electron chi connectivity index (χ1n) is 11.2. The van der Waals surface area contributed by atoms with Crippen LogP contribution >= 0.6 is 11.8 Å². The van der Waals surface area contributed by atoms with Crippen LogP contribution in [0.3, 0.4) is 0 Å². The monoisotopic (exact) mass is 464 g/mol. The summed E-state index contributed by atoms with van der Waals surface area (Å²) in [5.41, 5.74) is -0.482. The first kappa shape index (κ1) is 24.8. The van der Waals surface area contributed by atoms with Crippen molar-refractivity contribution in [2.24, 2.45) is 11.8 Å². The number of carbonyl (C=O) groups is 3. The van der Waals surface area contributed by atoms with E-state index in [4.69, 9.17) is 4.74 Å². The molecule has 0 aliphatic carbocycles. The Kier molecular flexibility index (Phi) is 6.61. The molecule has 0 aromatic rings. The molecule has 32 heavy (non-hydrogen) atoms. The zero-order valence-corrected chi connectivity index (χ0v) is 20.6. The van der Waals surface area contributed by atoms with Crippen molar-refractivity contribution in [3.05, 3.63) is 25.3 Å². The fraction of sp³-hybridized carbons (Fsp3) is 0.708. The van der Waals surface area contributed by atoms with E-state index in [1.54, 1.807) is 34.6 Å². The number of carbonyl (C=O) groups excluding carboxylic acids is 3. The molecular formula is C24H36N2O5S. The van der Waals surface area contributed by atoms with Gasteiger partial charge in [-0.15, -0.1) is 18.3 Å². The molecule has 8 heteroatoms. The lowest BCUT2D eigenvalue weighted by Crippen LogP contribution is -2.60. The molecule has 2 bridgehead atoms. The van der Waals surface area contributed by atoms with Gasteiger partial charge < -0.3 is 19.6 Å². The quantitative estimate of drug-likeness (QED) is 0.438. The summed E-state index contributed by atoms with van der Waals surface area (Å²) in [6.07, 6.45) is 4.57. The van der Waals surface area contributed by atoms with Crippen LogP contribution in [0.25, 0.3) is 0 Å². The Balaban J connectivity index is 2.12. The maximum absolute atomic E-state index is 14.1. The lowest BCUT2D eigenvalue weighted by atomic mass is 9.66. The van der Waals surface area contributed by atoms with Crippen LogP contribution in [0.4, 0.5) is 0 Å². The van der Waals surface area contributed by atoms with Crippen molar-refractivity contribution in [1.82, 2.24) is 9.80 Å². The Labute approximate surface area is 195 Å². The normalized spacial score (nSPS) is 34.2. The van der Waals surface area contributed by atoms with E-state index in [1.165, 1.54) is 6.08 Å². The number of amides is 2. The number of aliphatic hydroxyl groups excluding tert-OH is 1. The summed E-state index contributed by atoms with van der Waals surface area (Å²) in [4.78, 5) is 44.3. The molecule has 3 saturated heterocycles. The van der Waals surface area contributed by atoms with Crippen LogP contribution in [0.1, 0.15) is 47.5 Å². The molecule has 0 radical (unpaired) electrons. The molecule has 1 spiro atoms. The third-order valence-corrected chi connectivity index (χ3v) is 9.16. The van der Waals surface area contributed by atoms with Gasteiger partial charge in [0.15, 0.2) is 0 Å². The number of ether oxygens (including phenoxy) is 1. The molecule has 3 aliphatic heterocycles. The molecule has 2 amide bonds. The summed E-state index contributed by atoms with van der Waals surface area (Å²) in [7, 11) is 0. The number of rotatable bonds is 8. The second-order valence-electron chi connectivity index (χ2n) is 10.3. The summed E-state index contributed by atoms with van der Waals surface area (Å²) in [5, 5.41) is 9.94. The molecule has 0 aromatic carbocycles. The SMILES string of the molecule is C=CCOC(=O)[C@H]1[C@H]2C(=O)N([C@H](C)CO)C(C(=O)N(CC=C)C(C)(C)C)C23CC[C@]1(C)S3. The number of aliphatic hydroxyl groups is 1. The average molecular weight is 465 g/mol. The predicted molar refractivity (Wildman–Crippen MR) is 125 cm³/mol. The minimum absolute atomic E-state index is 0.0836. The second kappa shape index (κ2) is 8.52. The van der Waals surface area contributed by atoms with Crippen molar-refractivity contribution >= 4 is 29.5 Å². The van der Waals surface area contributed by atoms with Crippen LogP contribution in [-0.4, -0.2) is 79.6 Å². The van der Waals surface area contributed by atoms with Crippen LogP contribution in [0.2, 0.25) is 0 Å². The average Bonchev–Trinajstić information content (AvgIpc) is 3.29. The first-order chi connectivity index (χ1) is 14.9. The molecule has 3 aliphatic rings. The number of hydrogen-bond acceptors (Lipinski definition) is 6. The third kappa shape index (κ3) is 3.59. The van der Waals surface area contributed by atoms with E-state index in [-0.39, 0.29) is 25.0 Å². The van der Waals surface area contributed by atoms with E-state index in [0.29, 0.717) is 13.0 Å². The molecule has 7 nitrogen and oxygen atoms in total. The van der Waals surface area contributed by atoms with Crippen LogP contribution in [0.5, 0.6) is 0 Å². The fourth-order valence-corrected chi connectivity index (χ4v) is 8.09. The van der Waals surface area contributed by atoms with Crippen molar-refractivity contribution in [1.29, 1.82) is 0 Å². The van der Waals surface area contributed by atoms with Crippen molar-refractivity contribution in [2.45, 2.75) is 74.6 Å². The largest absolute Gasteiger partial charge is 0.461 e. The molecule has 6 atom stereocenters. The Hall–Kier alpha value is -1.80. The van der Waals surface area contributed by atoms with Gasteiger partial charge in [0.05, 0.1) is 29.2 Å². The van der Waals surface area contributed by atoms with Gasteiger partial charge >= 0.3 is 5.97 Å². The Morgan fingerprint density at radius 1 is 1.34 bits per heavy atom. The minimum atomic E-state index is -0.759. The number of esters is 1. The lowest BCUT2D eigenvalue weighted by molar-refractivity contribution is -0.155. The van der Waals surface area contributed by atoms with E-state index in [0.717, 1.165) is 6.42 Å². The van der Waals surface area contributed by atoms with Gasteiger partial charge in [0.25, 0.3) is 0 Å². The maximum atomic E-state index is 14.1. The van der Waals surface area contributed by atoms with Gasteiger partial charge in [0, 0.05) is 16.8 Å². The molecule has 0 aromatic heterocycles. The van der Waals surface area contributed by atoms with Gasteiger partial charge in [0.2, 0.25) is 11.8 Å². The molecule has 3 fully saturated rings. The van der Waals surface area contributed by atoms with Crippen molar-refractivity contribution in [2.75, 3.05) is 19.8 Å². The second-order valence-corrected chi connectivity index (χ2v) is 12.2. The van der Waals surface area contributed by atoms with Gasteiger partial charge in [-0.25, -0.2) is 0 Å². The molecule has 1 N–H and O–H groups in total. The zero-order valence-electron chi connectivity index (χ0n) is 19.8. The molecule has 3 heterocycles. The van der Waals surface area contributed by atoms with Crippen molar-refractivity contribution in [3.8, 4) is 0 Å². The van der Waals surface area contributed by atoms with E-state index in [2.05, 4.69) is 13.2 Å². The summed E-state index contributed by atoms with van der Waals surface area (Å²) >= 11 is 1.60.